The second-order valence-electron chi connectivity index (χ2n) is 4.70. The van der Waals surface area contributed by atoms with Crippen molar-refractivity contribution in [3.05, 3.63) is 17.0 Å². The number of hydrogen-bond acceptors (Lipinski definition) is 6. The van der Waals surface area contributed by atoms with Crippen LogP contribution in [0.1, 0.15) is 18.9 Å². The Labute approximate surface area is 128 Å². The molecule has 116 valence electrons. The van der Waals surface area contributed by atoms with Crippen LogP contribution in [0.25, 0.3) is 0 Å². The standard InChI is InChI=1S/C13H19ClN4O3/c1-2-3-15-13(20)10-7-21-5-4-18(10)12-9(6-19)11(14)16-8-17-12/h8,10,19H,2-7H2,1H3,(H,15,20). The lowest BCUT2D eigenvalue weighted by atomic mass is 10.1. The number of hydrogen-bond donors (Lipinski definition) is 2. The highest BCUT2D eigenvalue weighted by molar-refractivity contribution is 6.30. The van der Waals surface area contributed by atoms with Gasteiger partial charge in [-0.25, -0.2) is 9.97 Å². The molecule has 2 N–H and O–H groups in total. The monoisotopic (exact) mass is 314 g/mol. The molecule has 1 fully saturated rings. The second kappa shape index (κ2) is 7.53. The van der Waals surface area contributed by atoms with E-state index in [1.165, 1.54) is 6.33 Å². The van der Waals surface area contributed by atoms with Crippen molar-refractivity contribution in [1.82, 2.24) is 15.3 Å². The first-order valence-electron chi connectivity index (χ1n) is 6.91. The number of aromatic nitrogens is 2. The summed E-state index contributed by atoms with van der Waals surface area (Å²) in [4.78, 5) is 22.1. The van der Waals surface area contributed by atoms with Gasteiger partial charge in [0.2, 0.25) is 5.91 Å². The zero-order chi connectivity index (χ0) is 15.2. The molecule has 1 aliphatic rings. The molecule has 21 heavy (non-hydrogen) atoms. The first kappa shape index (κ1) is 15.9. The fourth-order valence-corrected chi connectivity index (χ4v) is 2.39. The highest BCUT2D eigenvalue weighted by Crippen LogP contribution is 2.26. The largest absolute Gasteiger partial charge is 0.391 e. The van der Waals surface area contributed by atoms with Gasteiger partial charge in [0.05, 0.1) is 25.4 Å². The molecule has 1 aliphatic heterocycles. The van der Waals surface area contributed by atoms with Gasteiger partial charge < -0.3 is 20.1 Å². The van der Waals surface area contributed by atoms with Gasteiger partial charge in [0.25, 0.3) is 0 Å². The van der Waals surface area contributed by atoms with Crippen LogP contribution in [-0.4, -0.2) is 53.3 Å². The summed E-state index contributed by atoms with van der Waals surface area (Å²) >= 11 is 5.99. The van der Waals surface area contributed by atoms with E-state index < -0.39 is 6.04 Å². The molecule has 7 nitrogen and oxygen atoms in total. The first-order valence-corrected chi connectivity index (χ1v) is 7.29. The number of nitrogens with zero attached hydrogens (tertiary/aromatic N) is 3. The molecule has 1 unspecified atom stereocenters. The SMILES string of the molecule is CCCNC(=O)C1COCCN1c1ncnc(Cl)c1CO. The van der Waals surface area contributed by atoms with Crippen molar-refractivity contribution in [3.63, 3.8) is 0 Å². The van der Waals surface area contributed by atoms with E-state index in [-0.39, 0.29) is 24.3 Å². The van der Waals surface area contributed by atoms with Crippen LogP contribution < -0.4 is 10.2 Å². The molecule has 1 atom stereocenters. The number of morpholine rings is 1. The van der Waals surface area contributed by atoms with E-state index in [9.17, 15) is 9.90 Å². The molecule has 0 spiro atoms. The fourth-order valence-electron chi connectivity index (χ4n) is 2.21. The van der Waals surface area contributed by atoms with Gasteiger partial charge >= 0.3 is 0 Å². The third-order valence-electron chi connectivity index (χ3n) is 3.28. The minimum Gasteiger partial charge on any atom is -0.391 e. The number of anilines is 1. The van der Waals surface area contributed by atoms with Gasteiger partial charge in [-0.15, -0.1) is 0 Å². The molecule has 0 aromatic carbocycles. The number of rotatable bonds is 5. The molecule has 2 rings (SSSR count). The Bertz CT molecular complexity index is 500. The number of nitrogens with one attached hydrogen (secondary N) is 1. The lowest BCUT2D eigenvalue weighted by molar-refractivity contribution is -0.124. The Morgan fingerprint density at radius 3 is 3.14 bits per heavy atom. The third kappa shape index (κ3) is 3.61. The maximum Gasteiger partial charge on any atom is 0.245 e. The van der Waals surface area contributed by atoms with Crippen LogP contribution >= 0.6 is 11.6 Å². The first-order chi connectivity index (χ1) is 10.2. The molecule has 1 aromatic heterocycles. The quantitative estimate of drug-likeness (QED) is 0.763. The number of carbonyl (C=O) groups excluding carboxylic acids is 1. The van der Waals surface area contributed by atoms with Crippen molar-refractivity contribution < 1.29 is 14.6 Å². The van der Waals surface area contributed by atoms with Crippen LogP contribution in [0, 0.1) is 0 Å². The second-order valence-corrected chi connectivity index (χ2v) is 5.06. The number of halogens is 1. The minimum atomic E-state index is -0.485. The molecular formula is C13H19ClN4O3. The van der Waals surface area contributed by atoms with Crippen LogP contribution in [0.15, 0.2) is 6.33 Å². The maximum atomic E-state index is 12.3. The number of aliphatic hydroxyl groups is 1. The van der Waals surface area contributed by atoms with Crippen molar-refractivity contribution >= 4 is 23.3 Å². The molecule has 1 saturated heterocycles. The number of carbonyl (C=O) groups is 1. The van der Waals surface area contributed by atoms with Crippen LogP contribution in [-0.2, 0) is 16.1 Å². The fraction of sp³-hybridized carbons (Fsp3) is 0.615. The van der Waals surface area contributed by atoms with E-state index in [4.69, 9.17) is 16.3 Å². The van der Waals surface area contributed by atoms with Gasteiger partial charge in [-0.05, 0) is 6.42 Å². The summed E-state index contributed by atoms with van der Waals surface area (Å²) in [5.74, 6) is 0.368. The molecular weight excluding hydrogens is 296 g/mol. The zero-order valence-electron chi connectivity index (χ0n) is 11.9. The average molecular weight is 315 g/mol. The molecule has 0 bridgehead atoms. The highest BCUT2D eigenvalue weighted by Gasteiger charge is 2.32. The maximum absolute atomic E-state index is 12.3. The number of aliphatic hydroxyl groups excluding tert-OH is 1. The van der Waals surface area contributed by atoms with Crippen LogP contribution in [0.2, 0.25) is 5.15 Å². The highest BCUT2D eigenvalue weighted by atomic mass is 35.5. The summed E-state index contributed by atoms with van der Waals surface area (Å²) in [6.45, 7) is 3.59. The molecule has 0 aliphatic carbocycles. The summed E-state index contributed by atoms with van der Waals surface area (Å²) < 4.78 is 5.40. The Balaban J connectivity index is 2.26. The van der Waals surface area contributed by atoms with Gasteiger partial charge in [-0.2, -0.15) is 0 Å². The zero-order valence-corrected chi connectivity index (χ0v) is 12.6. The summed E-state index contributed by atoms with van der Waals surface area (Å²) in [6, 6.07) is -0.485. The van der Waals surface area contributed by atoms with E-state index in [2.05, 4.69) is 15.3 Å². The smallest absolute Gasteiger partial charge is 0.245 e. The predicted octanol–water partition coefficient (Wildman–Crippen LogP) is 0.354. The van der Waals surface area contributed by atoms with Gasteiger partial charge in [0.15, 0.2) is 0 Å². The summed E-state index contributed by atoms with van der Waals surface area (Å²) in [5.41, 5.74) is 0.425. The van der Waals surface area contributed by atoms with E-state index in [0.29, 0.717) is 31.1 Å². The molecule has 0 radical (unpaired) electrons. The Hall–Kier alpha value is -1.44. The topological polar surface area (TPSA) is 87.6 Å². The molecule has 0 saturated carbocycles. The van der Waals surface area contributed by atoms with E-state index in [1.807, 2.05) is 11.8 Å². The van der Waals surface area contributed by atoms with Gasteiger partial charge in [-0.1, -0.05) is 18.5 Å². The van der Waals surface area contributed by atoms with Gasteiger partial charge in [-0.3, -0.25) is 4.79 Å². The van der Waals surface area contributed by atoms with Crippen molar-refractivity contribution in [2.24, 2.45) is 0 Å². The normalized spacial score (nSPS) is 18.6. The minimum absolute atomic E-state index is 0.116. The third-order valence-corrected chi connectivity index (χ3v) is 3.61. The Morgan fingerprint density at radius 1 is 1.62 bits per heavy atom. The lowest BCUT2D eigenvalue weighted by Crippen LogP contribution is -2.54. The van der Waals surface area contributed by atoms with Crippen molar-refractivity contribution in [2.75, 3.05) is 31.2 Å². The average Bonchev–Trinajstić information content (AvgIpc) is 2.52. The van der Waals surface area contributed by atoms with E-state index >= 15 is 0 Å². The lowest BCUT2D eigenvalue weighted by Gasteiger charge is -2.36. The van der Waals surface area contributed by atoms with Crippen molar-refractivity contribution in [3.8, 4) is 0 Å². The number of ether oxygens (including phenoxy) is 1. The molecule has 1 amide bonds. The van der Waals surface area contributed by atoms with Crippen LogP contribution in [0.4, 0.5) is 5.82 Å². The van der Waals surface area contributed by atoms with Crippen molar-refractivity contribution in [2.45, 2.75) is 26.0 Å². The summed E-state index contributed by atoms with van der Waals surface area (Å²) in [5, 5.41) is 12.5. The van der Waals surface area contributed by atoms with E-state index in [0.717, 1.165) is 6.42 Å². The van der Waals surface area contributed by atoms with Crippen LogP contribution in [0.5, 0.6) is 0 Å². The molecule has 1 aromatic rings. The molecule has 2 heterocycles. The summed E-state index contributed by atoms with van der Waals surface area (Å²) in [6.07, 6.45) is 2.19. The van der Waals surface area contributed by atoms with E-state index in [1.54, 1.807) is 0 Å². The van der Waals surface area contributed by atoms with Gasteiger partial charge in [0.1, 0.15) is 23.3 Å². The Morgan fingerprint density at radius 2 is 2.43 bits per heavy atom. The summed E-state index contributed by atoms with van der Waals surface area (Å²) in [7, 11) is 0. The van der Waals surface area contributed by atoms with Gasteiger partial charge in [0, 0.05) is 13.1 Å². The predicted molar refractivity (Wildman–Crippen MR) is 78.2 cm³/mol. The van der Waals surface area contributed by atoms with Crippen LogP contribution in [0.3, 0.4) is 0 Å². The Kier molecular flexibility index (Phi) is 5.72. The van der Waals surface area contributed by atoms with Crippen molar-refractivity contribution in [1.29, 1.82) is 0 Å². The number of amides is 1. The molecule has 8 heteroatoms.